The van der Waals surface area contributed by atoms with Crippen LogP contribution in [0.15, 0.2) is 79.0 Å². The highest BCUT2D eigenvalue weighted by Crippen LogP contribution is 2.37. The Bertz CT molecular complexity index is 1370. The molecule has 1 aromatic heterocycles. The van der Waals surface area contributed by atoms with Crippen LogP contribution in [-0.4, -0.2) is 40.8 Å². The van der Waals surface area contributed by atoms with E-state index in [2.05, 4.69) is 40.9 Å². The molecule has 35 heavy (non-hydrogen) atoms. The number of aryl methyl sites for hydroxylation is 1. The predicted molar refractivity (Wildman–Crippen MR) is 136 cm³/mol. The van der Waals surface area contributed by atoms with Crippen LogP contribution in [0.5, 0.6) is 0 Å². The molecule has 2 aliphatic heterocycles. The number of piperidine rings is 1. The van der Waals surface area contributed by atoms with Gasteiger partial charge in [-0.1, -0.05) is 42.5 Å². The molecule has 3 aromatic carbocycles. The minimum atomic E-state index is -0.415. The number of carbonyl (C=O) groups is 1. The molecule has 6 rings (SSSR count). The summed E-state index contributed by atoms with van der Waals surface area (Å²) in [6.07, 6.45) is 3.59. The van der Waals surface area contributed by atoms with Gasteiger partial charge < -0.3 is 9.30 Å². The standard InChI is InChI=1S/C29H28FN3O2/c1-31-18-22(27-25(8-5-9-26(27)31)21-10-12-23(30)13-11-21)19-32-16-14-29(15-17-32)20-33(28(34)35-29)24-6-3-2-4-7-24/h2-13,18H,14-17,19-20H2,1H3. The van der Waals surface area contributed by atoms with Crippen LogP contribution in [-0.2, 0) is 18.3 Å². The Hall–Kier alpha value is -3.64. The first-order chi connectivity index (χ1) is 17.0. The van der Waals surface area contributed by atoms with Crippen molar-refractivity contribution in [3.05, 3.63) is 90.4 Å². The number of halogens is 1. The van der Waals surface area contributed by atoms with Crippen molar-refractivity contribution < 1.29 is 13.9 Å². The van der Waals surface area contributed by atoms with Gasteiger partial charge in [-0.3, -0.25) is 9.80 Å². The first-order valence-electron chi connectivity index (χ1n) is 12.1. The molecule has 0 atom stereocenters. The zero-order valence-corrected chi connectivity index (χ0v) is 19.8. The molecule has 1 spiro atoms. The van der Waals surface area contributed by atoms with Crippen molar-refractivity contribution in [2.24, 2.45) is 7.05 Å². The summed E-state index contributed by atoms with van der Waals surface area (Å²) in [5.74, 6) is -0.227. The largest absolute Gasteiger partial charge is 0.441 e. The summed E-state index contributed by atoms with van der Waals surface area (Å²) in [7, 11) is 2.07. The monoisotopic (exact) mass is 469 g/mol. The number of fused-ring (bicyclic) bond motifs is 1. The highest BCUT2D eigenvalue weighted by molar-refractivity contribution is 5.98. The summed E-state index contributed by atoms with van der Waals surface area (Å²) in [5.41, 5.74) is 5.03. The highest BCUT2D eigenvalue weighted by Gasteiger charge is 2.47. The van der Waals surface area contributed by atoms with Crippen LogP contribution in [0.4, 0.5) is 14.9 Å². The third-order valence-electron chi connectivity index (χ3n) is 7.45. The third-order valence-corrected chi connectivity index (χ3v) is 7.45. The minimum absolute atomic E-state index is 0.227. The van der Waals surface area contributed by atoms with Crippen LogP contribution in [0, 0.1) is 5.82 Å². The van der Waals surface area contributed by atoms with Gasteiger partial charge >= 0.3 is 6.09 Å². The van der Waals surface area contributed by atoms with Gasteiger partial charge in [-0.05, 0) is 47.0 Å². The van der Waals surface area contributed by atoms with Crippen molar-refractivity contribution in [3.63, 3.8) is 0 Å². The van der Waals surface area contributed by atoms with Crippen LogP contribution in [0.25, 0.3) is 22.0 Å². The van der Waals surface area contributed by atoms with E-state index in [9.17, 15) is 9.18 Å². The van der Waals surface area contributed by atoms with Crippen LogP contribution < -0.4 is 4.90 Å². The SMILES string of the molecule is Cn1cc(CN2CCC3(CC2)CN(c2ccccc2)C(=O)O3)c2c(-c3ccc(F)cc3)cccc21. The van der Waals surface area contributed by atoms with E-state index in [1.807, 2.05) is 42.5 Å². The predicted octanol–water partition coefficient (Wildman–Crippen LogP) is 5.98. The smallest absolute Gasteiger partial charge is 0.415 e. The Morgan fingerprint density at radius 3 is 2.43 bits per heavy atom. The van der Waals surface area contributed by atoms with Gasteiger partial charge in [-0.15, -0.1) is 0 Å². The Morgan fingerprint density at radius 1 is 0.943 bits per heavy atom. The van der Waals surface area contributed by atoms with Gasteiger partial charge in [0, 0.05) is 62.3 Å². The van der Waals surface area contributed by atoms with Crippen molar-refractivity contribution in [1.29, 1.82) is 0 Å². The van der Waals surface area contributed by atoms with Crippen molar-refractivity contribution >= 4 is 22.7 Å². The van der Waals surface area contributed by atoms with Crippen LogP contribution in [0.3, 0.4) is 0 Å². The zero-order chi connectivity index (χ0) is 24.0. The van der Waals surface area contributed by atoms with Crippen molar-refractivity contribution in [2.75, 3.05) is 24.5 Å². The number of benzene rings is 3. The van der Waals surface area contributed by atoms with Crippen molar-refractivity contribution in [1.82, 2.24) is 9.47 Å². The van der Waals surface area contributed by atoms with Crippen molar-refractivity contribution in [3.8, 4) is 11.1 Å². The van der Waals surface area contributed by atoms with Gasteiger partial charge in [0.15, 0.2) is 0 Å². The Labute approximate surface area is 204 Å². The maximum atomic E-state index is 13.5. The van der Waals surface area contributed by atoms with E-state index in [1.165, 1.54) is 28.6 Å². The second-order valence-electron chi connectivity index (χ2n) is 9.72. The normalized spacial score (nSPS) is 17.9. The fraction of sp³-hybridized carbons (Fsp3) is 0.276. The quantitative estimate of drug-likeness (QED) is 0.369. The lowest BCUT2D eigenvalue weighted by Gasteiger charge is -2.37. The van der Waals surface area contributed by atoms with Gasteiger partial charge in [0.1, 0.15) is 11.4 Å². The number of carbonyl (C=O) groups excluding carboxylic acids is 1. The lowest BCUT2D eigenvalue weighted by Crippen LogP contribution is -2.46. The highest BCUT2D eigenvalue weighted by atomic mass is 19.1. The molecule has 6 heteroatoms. The number of amides is 1. The van der Waals surface area contributed by atoms with Gasteiger partial charge in [-0.25, -0.2) is 9.18 Å². The average molecular weight is 470 g/mol. The summed E-state index contributed by atoms with van der Waals surface area (Å²) in [5, 5.41) is 1.21. The molecule has 5 nitrogen and oxygen atoms in total. The maximum Gasteiger partial charge on any atom is 0.415 e. The summed E-state index contributed by atoms with van der Waals surface area (Å²) in [4.78, 5) is 16.8. The molecule has 2 fully saturated rings. The Balaban J connectivity index is 1.21. The van der Waals surface area contributed by atoms with Gasteiger partial charge in [0.05, 0.1) is 6.54 Å². The van der Waals surface area contributed by atoms with E-state index in [4.69, 9.17) is 4.74 Å². The van der Waals surface area contributed by atoms with Crippen molar-refractivity contribution in [2.45, 2.75) is 25.0 Å². The number of hydrogen-bond acceptors (Lipinski definition) is 3. The molecule has 0 radical (unpaired) electrons. The van der Waals surface area contributed by atoms with E-state index < -0.39 is 5.60 Å². The molecule has 0 aliphatic carbocycles. The second kappa shape index (κ2) is 8.54. The Kier molecular flexibility index (Phi) is 5.33. The van der Waals surface area contributed by atoms with E-state index in [1.54, 1.807) is 4.90 Å². The number of ether oxygens (including phenoxy) is 1. The average Bonchev–Trinajstić information content (AvgIpc) is 3.38. The number of para-hydroxylation sites is 1. The molecule has 178 valence electrons. The van der Waals surface area contributed by atoms with E-state index >= 15 is 0 Å². The molecule has 3 heterocycles. The van der Waals surface area contributed by atoms with E-state index in [-0.39, 0.29) is 11.9 Å². The lowest BCUT2D eigenvalue weighted by atomic mass is 9.90. The zero-order valence-electron chi connectivity index (χ0n) is 19.8. The molecular formula is C29H28FN3O2. The number of anilines is 1. The minimum Gasteiger partial charge on any atom is -0.441 e. The van der Waals surface area contributed by atoms with Crippen LogP contribution in [0.2, 0.25) is 0 Å². The third kappa shape index (κ3) is 3.98. The first kappa shape index (κ1) is 21.9. The van der Waals surface area contributed by atoms with Crippen LogP contribution in [0.1, 0.15) is 18.4 Å². The summed E-state index contributed by atoms with van der Waals surface area (Å²) in [6.45, 7) is 3.16. The molecule has 0 unspecified atom stereocenters. The number of hydrogen-bond donors (Lipinski definition) is 0. The molecule has 4 aromatic rings. The van der Waals surface area contributed by atoms with E-state index in [0.717, 1.165) is 49.3 Å². The first-order valence-corrected chi connectivity index (χ1v) is 12.1. The number of aromatic nitrogens is 1. The number of rotatable bonds is 4. The van der Waals surface area contributed by atoms with Crippen LogP contribution >= 0.6 is 0 Å². The topological polar surface area (TPSA) is 37.7 Å². The summed E-state index contributed by atoms with van der Waals surface area (Å²) >= 11 is 0. The number of nitrogens with zero attached hydrogens (tertiary/aromatic N) is 3. The summed E-state index contributed by atoms with van der Waals surface area (Å²) in [6, 6.07) is 22.8. The fourth-order valence-electron chi connectivity index (χ4n) is 5.58. The van der Waals surface area contributed by atoms with E-state index in [0.29, 0.717) is 6.54 Å². The number of likely N-dealkylation sites (tertiary alicyclic amines) is 1. The molecular weight excluding hydrogens is 441 g/mol. The molecule has 0 bridgehead atoms. The molecule has 2 aliphatic rings. The molecule has 0 saturated carbocycles. The second-order valence-corrected chi connectivity index (χ2v) is 9.72. The molecule has 0 N–H and O–H groups in total. The van der Waals surface area contributed by atoms with Gasteiger partial charge in [-0.2, -0.15) is 0 Å². The van der Waals surface area contributed by atoms with Gasteiger partial charge in [0.25, 0.3) is 0 Å². The maximum absolute atomic E-state index is 13.5. The Morgan fingerprint density at radius 2 is 1.69 bits per heavy atom. The lowest BCUT2D eigenvalue weighted by molar-refractivity contribution is -0.000888. The molecule has 1 amide bonds. The molecule has 2 saturated heterocycles. The fourth-order valence-corrected chi connectivity index (χ4v) is 5.58. The summed E-state index contributed by atoms with van der Waals surface area (Å²) < 4.78 is 21.6. The van der Waals surface area contributed by atoms with Gasteiger partial charge in [0.2, 0.25) is 0 Å².